The van der Waals surface area contributed by atoms with Crippen LogP contribution in [0, 0.1) is 13.8 Å². The molecule has 1 aliphatic carbocycles. The normalized spacial score (nSPS) is 18.5. The Morgan fingerprint density at radius 3 is 2.06 bits per heavy atom. The average molecular weight is 442 g/mol. The van der Waals surface area contributed by atoms with Gasteiger partial charge in [0, 0.05) is 23.3 Å². The monoisotopic (exact) mass is 441 g/mol. The molecule has 2 aliphatic rings. The molecule has 0 saturated heterocycles. The third kappa shape index (κ3) is 3.66. The molecule has 0 aromatic heterocycles. The maximum absolute atomic E-state index is 2.63. The van der Waals surface area contributed by atoms with Crippen molar-refractivity contribution in [1.82, 2.24) is 0 Å². The van der Waals surface area contributed by atoms with Crippen molar-refractivity contribution in [1.29, 1.82) is 0 Å². The molecule has 4 aromatic rings. The first-order valence-corrected chi connectivity index (χ1v) is 12.5. The molecule has 1 nitrogen and oxygen atoms in total. The standard InChI is InChI=1S/C33H31N/c1-23-16-18-28(19-17-23)34-32-15-9-14-29(32)31-22-27(24(2)20-33(31)34)21-30(25-10-5-3-6-11-25)26-12-7-4-8-13-26/h3-8,10-13,16-22,29,32H,9,14-15H2,1-2H3. The highest BCUT2D eigenvalue weighted by molar-refractivity contribution is 5.92. The second-order valence-electron chi connectivity index (χ2n) is 9.87. The Kier molecular flexibility index (Phi) is 5.34. The molecule has 1 heterocycles. The minimum Gasteiger partial charge on any atom is -0.338 e. The molecule has 0 amide bonds. The van der Waals surface area contributed by atoms with Crippen LogP contribution in [0.5, 0.6) is 0 Å². The van der Waals surface area contributed by atoms with E-state index in [2.05, 4.69) is 122 Å². The SMILES string of the molecule is Cc1ccc(N2c3cc(C)c(C=C(c4ccccc4)c4ccccc4)cc3C3CCCC32)cc1. The van der Waals surface area contributed by atoms with Crippen LogP contribution in [0.1, 0.15) is 58.6 Å². The van der Waals surface area contributed by atoms with Crippen LogP contribution in [0.15, 0.2) is 97.1 Å². The molecular formula is C33H31N. The maximum Gasteiger partial charge on any atom is 0.0452 e. The summed E-state index contributed by atoms with van der Waals surface area (Å²) in [6.07, 6.45) is 6.28. The largest absolute Gasteiger partial charge is 0.338 e. The van der Waals surface area contributed by atoms with Gasteiger partial charge in [-0.25, -0.2) is 0 Å². The lowest BCUT2D eigenvalue weighted by atomic mass is 9.91. The molecular weight excluding hydrogens is 410 g/mol. The number of aryl methyl sites for hydroxylation is 2. The zero-order valence-electron chi connectivity index (χ0n) is 20.0. The van der Waals surface area contributed by atoms with E-state index in [0.29, 0.717) is 12.0 Å². The molecule has 2 unspecified atom stereocenters. The Morgan fingerprint density at radius 1 is 0.765 bits per heavy atom. The Labute approximate surface area is 203 Å². The number of hydrogen-bond donors (Lipinski definition) is 0. The number of fused-ring (bicyclic) bond motifs is 3. The van der Waals surface area contributed by atoms with Gasteiger partial charge in [0.25, 0.3) is 0 Å². The number of benzene rings is 4. The summed E-state index contributed by atoms with van der Waals surface area (Å²) in [5.74, 6) is 0.626. The van der Waals surface area contributed by atoms with Crippen LogP contribution in [-0.4, -0.2) is 6.04 Å². The molecule has 1 heteroatoms. The third-order valence-electron chi connectivity index (χ3n) is 7.67. The molecule has 0 spiro atoms. The second kappa shape index (κ2) is 8.65. The van der Waals surface area contributed by atoms with Gasteiger partial charge < -0.3 is 4.90 Å². The zero-order valence-corrected chi connectivity index (χ0v) is 20.0. The fourth-order valence-corrected chi connectivity index (χ4v) is 5.94. The van der Waals surface area contributed by atoms with Crippen LogP contribution >= 0.6 is 0 Å². The highest BCUT2D eigenvalue weighted by Gasteiger charge is 2.42. The van der Waals surface area contributed by atoms with Gasteiger partial charge in [-0.3, -0.25) is 0 Å². The zero-order chi connectivity index (χ0) is 23.1. The summed E-state index contributed by atoms with van der Waals surface area (Å²) in [6, 6.07) is 36.2. The lowest BCUT2D eigenvalue weighted by molar-refractivity contribution is 0.642. The minimum atomic E-state index is 0.582. The first kappa shape index (κ1) is 21.0. The summed E-state index contributed by atoms with van der Waals surface area (Å²) in [7, 11) is 0. The smallest absolute Gasteiger partial charge is 0.0452 e. The molecule has 0 N–H and O–H groups in total. The van der Waals surface area contributed by atoms with Crippen molar-refractivity contribution in [2.75, 3.05) is 4.90 Å². The summed E-state index contributed by atoms with van der Waals surface area (Å²) in [6.45, 7) is 4.43. The molecule has 34 heavy (non-hydrogen) atoms. The predicted molar refractivity (Wildman–Crippen MR) is 145 cm³/mol. The molecule has 1 fully saturated rings. The van der Waals surface area contributed by atoms with Gasteiger partial charge in [-0.15, -0.1) is 0 Å². The van der Waals surface area contributed by atoms with Crippen LogP contribution in [0.2, 0.25) is 0 Å². The van der Waals surface area contributed by atoms with E-state index in [4.69, 9.17) is 0 Å². The Morgan fingerprint density at radius 2 is 1.41 bits per heavy atom. The lowest BCUT2D eigenvalue weighted by Gasteiger charge is -2.27. The number of nitrogens with zero attached hydrogens (tertiary/aromatic N) is 1. The Hall–Kier alpha value is -3.58. The fourth-order valence-electron chi connectivity index (χ4n) is 5.94. The van der Waals surface area contributed by atoms with Gasteiger partial charge in [-0.05, 0) is 90.4 Å². The van der Waals surface area contributed by atoms with Gasteiger partial charge in [0.05, 0.1) is 0 Å². The van der Waals surface area contributed by atoms with E-state index in [0.717, 1.165) is 0 Å². The van der Waals surface area contributed by atoms with Crippen molar-refractivity contribution < 1.29 is 0 Å². The average Bonchev–Trinajstić information content (AvgIpc) is 3.45. The van der Waals surface area contributed by atoms with E-state index in [1.54, 1.807) is 0 Å². The highest BCUT2D eigenvalue weighted by Crippen LogP contribution is 2.53. The van der Waals surface area contributed by atoms with E-state index in [1.165, 1.54) is 69.6 Å². The van der Waals surface area contributed by atoms with E-state index in [1.807, 2.05) is 0 Å². The van der Waals surface area contributed by atoms with Crippen molar-refractivity contribution in [3.8, 4) is 0 Å². The molecule has 168 valence electrons. The summed E-state index contributed by atoms with van der Waals surface area (Å²) in [5, 5.41) is 0. The van der Waals surface area contributed by atoms with Crippen LogP contribution in [0.25, 0.3) is 11.6 Å². The van der Waals surface area contributed by atoms with Crippen molar-refractivity contribution in [2.45, 2.75) is 45.1 Å². The molecule has 4 aromatic carbocycles. The Bertz CT molecular complexity index is 1290. The van der Waals surface area contributed by atoms with Gasteiger partial charge in [-0.1, -0.05) is 84.8 Å². The highest BCUT2D eigenvalue weighted by atomic mass is 15.2. The van der Waals surface area contributed by atoms with Crippen molar-refractivity contribution in [2.24, 2.45) is 0 Å². The molecule has 2 atom stereocenters. The molecule has 1 saturated carbocycles. The van der Waals surface area contributed by atoms with Gasteiger partial charge in [0.1, 0.15) is 0 Å². The van der Waals surface area contributed by atoms with Gasteiger partial charge >= 0.3 is 0 Å². The van der Waals surface area contributed by atoms with Crippen molar-refractivity contribution in [3.63, 3.8) is 0 Å². The summed E-state index contributed by atoms with van der Waals surface area (Å²) in [5.41, 5.74) is 12.0. The first-order chi connectivity index (χ1) is 16.7. The molecule has 0 bridgehead atoms. The quantitative estimate of drug-likeness (QED) is 0.286. The van der Waals surface area contributed by atoms with Gasteiger partial charge in [0.2, 0.25) is 0 Å². The fraction of sp³-hybridized carbons (Fsp3) is 0.212. The van der Waals surface area contributed by atoms with Gasteiger partial charge in [-0.2, -0.15) is 0 Å². The van der Waals surface area contributed by atoms with Crippen LogP contribution in [0.4, 0.5) is 11.4 Å². The van der Waals surface area contributed by atoms with E-state index >= 15 is 0 Å². The number of hydrogen-bond acceptors (Lipinski definition) is 1. The maximum atomic E-state index is 2.63. The summed E-state index contributed by atoms with van der Waals surface area (Å²) < 4.78 is 0. The summed E-state index contributed by atoms with van der Waals surface area (Å²) in [4.78, 5) is 2.63. The lowest BCUT2D eigenvalue weighted by Crippen LogP contribution is -2.26. The molecule has 6 rings (SSSR count). The van der Waals surface area contributed by atoms with Gasteiger partial charge in [0.15, 0.2) is 0 Å². The second-order valence-corrected chi connectivity index (χ2v) is 9.87. The molecule has 0 radical (unpaired) electrons. The van der Waals surface area contributed by atoms with E-state index < -0.39 is 0 Å². The van der Waals surface area contributed by atoms with Crippen molar-refractivity contribution >= 4 is 23.0 Å². The molecule has 1 aliphatic heterocycles. The van der Waals surface area contributed by atoms with E-state index in [-0.39, 0.29) is 0 Å². The first-order valence-electron chi connectivity index (χ1n) is 12.5. The third-order valence-corrected chi connectivity index (χ3v) is 7.67. The number of rotatable bonds is 4. The number of anilines is 2. The topological polar surface area (TPSA) is 3.24 Å². The van der Waals surface area contributed by atoms with Crippen LogP contribution in [0.3, 0.4) is 0 Å². The van der Waals surface area contributed by atoms with Crippen molar-refractivity contribution in [3.05, 3.63) is 130 Å². The summed E-state index contributed by atoms with van der Waals surface area (Å²) >= 11 is 0. The minimum absolute atomic E-state index is 0.582. The Balaban J connectivity index is 1.49. The van der Waals surface area contributed by atoms with E-state index in [9.17, 15) is 0 Å². The predicted octanol–water partition coefficient (Wildman–Crippen LogP) is 8.68. The van der Waals surface area contributed by atoms with Crippen LogP contribution in [-0.2, 0) is 0 Å². The van der Waals surface area contributed by atoms with Crippen LogP contribution < -0.4 is 4.90 Å².